The molecule has 0 aliphatic rings. The van der Waals surface area contributed by atoms with Gasteiger partial charge in [-0.05, 0) is 12.0 Å². The highest BCUT2D eigenvalue weighted by Crippen LogP contribution is 2.27. The molecule has 1 atom stereocenters. The topological polar surface area (TPSA) is 24.9 Å². The van der Waals surface area contributed by atoms with Crippen LogP contribution in [0.4, 0.5) is 0 Å². The molecule has 1 heterocycles. The smallest absolute Gasteiger partial charge is 0.149 e. The zero-order valence-electron chi connectivity index (χ0n) is 9.91. The molecule has 1 N–H and O–H groups in total. The summed E-state index contributed by atoms with van der Waals surface area (Å²) in [5.41, 5.74) is 0.306. The molecule has 0 aromatic carbocycles. The molecule has 1 aromatic heterocycles. The molecule has 0 spiro atoms. The molecule has 0 fully saturated rings. The van der Waals surface area contributed by atoms with Crippen LogP contribution in [-0.2, 0) is 0 Å². The van der Waals surface area contributed by atoms with E-state index in [1.54, 1.807) is 11.3 Å². The lowest BCUT2D eigenvalue weighted by Gasteiger charge is -2.30. The summed E-state index contributed by atoms with van der Waals surface area (Å²) in [6, 6.07) is 0.538. The number of thioether (sulfide) groups is 1. The van der Waals surface area contributed by atoms with Gasteiger partial charge in [-0.3, -0.25) is 0 Å². The van der Waals surface area contributed by atoms with E-state index in [0.29, 0.717) is 11.5 Å². The SMILES string of the molecule is CCNC(CSc1nccs1)C(C)(C)C. The first-order valence-electron chi connectivity index (χ1n) is 5.29. The number of thiazole rings is 1. The van der Waals surface area contributed by atoms with E-state index < -0.39 is 0 Å². The number of hydrogen-bond donors (Lipinski definition) is 1. The molecule has 4 heteroatoms. The largest absolute Gasteiger partial charge is 0.313 e. The van der Waals surface area contributed by atoms with Gasteiger partial charge in [-0.2, -0.15) is 0 Å². The fraction of sp³-hybridized carbons (Fsp3) is 0.727. The average molecular weight is 244 g/mol. The first-order chi connectivity index (χ1) is 7.04. The van der Waals surface area contributed by atoms with Crippen LogP contribution in [-0.4, -0.2) is 23.3 Å². The van der Waals surface area contributed by atoms with Crippen molar-refractivity contribution < 1.29 is 0 Å². The highest BCUT2D eigenvalue weighted by Gasteiger charge is 2.23. The monoisotopic (exact) mass is 244 g/mol. The first-order valence-corrected chi connectivity index (χ1v) is 7.16. The van der Waals surface area contributed by atoms with Crippen LogP contribution in [0.3, 0.4) is 0 Å². The Morgan fingerprint density at radius 3 is 2.73 bits per heavy atom. The highest BCUT2D eigenvalue weighted by molar-refractivity contribution is 8.01. The molecule has 86 valence electrons. The highest BCUT2D eigenvalue weighted by atomic mass is 32.2. The Kier molecular flexibility index (Phi) is 5.09. The van der Waals surface area contributed by atoms with Crippen molar-refractivity contribution in [1.82, 2.24) is 10.3 Å². The van der Waals surface area contributed by atoms with Crippen molar-refractivity contribution in [2.24, 2.45) is 5.41 Å². The Hall–Kier alpha value is -0.0600. The molecule has 1 aromatic rings. The van der Waals surface area contributed by atoms with Crippen LogP contribution in [0.5, 0.6) is 0 Å². The lowest BCUT2D eigenvalue weighted by Crippen LogP contribution is -2.42. The average Bonchev–Trinajstić information content (AvgIpc) is 2.62. The zero-order chi connectivity index (χ0) is 11.3. The summed E-state index contributed by atoms with van der Waals surface area (Å²) in [5, 5.41) is 5.57. The third kappa shape index (κ3) is 4.53. The molecule has 0 amide bonds. The Bertz CT molecular complexity index is 265. The van der Waals surface area contributed by atoms with Crippen LogP contribution in [0.2, 0.25) is 0 Å². The van der Waals surface area contributed by atoms with E-state index in [2.05, 4.69) is 38.0 Å². The minimum atomic E-state index is 0.306. The number of hydrogen-bond acceptors (Lipinski definition) is 4. The van der Waals surface area contributed by atoms with Crippen LogP contribution < -0.4 is 5.32 Å². The summed E-state index contributed by atoms with van der Waals surface area (Å²) in [5.74, 6) is 1.09. The van der Waals surface area contributed by atoms with Crippen LogP contribution in [0, 0.1) is 5.41 Å². The second-order valence-corrected chi connectivity index (χ2v) is 6.75. The van der Waals surface area contributed by atoms with Crippen molar-refractivity contribution in [3.8, 4) is 0 Å². The van der Waals surface area contributed by atoms with Gasteiger partial charge in [0, 0.05) is 23.4 Å². The third-order valence-electron chi connectivity index (χ3n) is 2.28. The lowest BCUT2D eigenvalue weighted by molar-refractivity contribution is 0.295. The number of rotatable bonds is 5. The molecule has 15 heavy (non-hydrogen) atoms. The fourth-order valence-electron chi connectivity index (χ4n) is 1.30. The van der Waals surface area contributed by atoms with E-state index in [9.17, 15) is 0 Å². The van der Waals surface area contributed by atoms with Gasteiger partial charge in [0.25, 0.3) is 0 Å². The molecule has 0 bridgehead atoms. The summed E-state index contributed by atoms with van der Waals surface area (Å²) >= 11 is 3.56. The molecule has 2 nitrogen and oxygen atoms in total. The van der Waals surface area contributed by atoms with Crippen molar-refractivity contribution in [1.29, 1.82) is 0 Å². The van der Waals surface area contributed by atoms with Gasteiger partial charge in [0.15, 0.2) is 0 Å². The van der Waals surface area contributed by atoms with Gasteiger partial charge in [0.1, 0.15) is 4.34 Å². The molecule has 0 saturated heterocycles. The van der Waals surface area contributed by atoms with Crippen LogP contribution in [0.15, 0.2) is 15.9 Å². The molecule has 0 aliphatic heterocycles. The number of aromatic nitrogens is 1. The molecule has 1 unspecified atom stereocenters. The lowest BCUT2D eigenvalue weighted by atomic mass is 9.88. The maximum Gasteiger partial charge on any atom is 0.149 e. The van der Waals surface area contributed by atoms with Gasteiger partial charge in [0.2, 0.25) is 0 Å². The Morgan fingerprint density at radius 2 is 2.27 bits per heavy atom. The Balaban J connectivity index is 2.45. The Morgan fingerprint density at radius 1 is 1.53 bits per heavy atom. The van der Waals surface area contributed by atoms with Gasteiger partial charge in [-0.15, -0.1) is 11.3 Å². The third-order valence-corrected chi connectivity index (χ3v) is 4.34. The van der Waals surface area contributed by atoms with Gasteiger partial charge < -0.3 is 5.32 Å². The predicted octanol–water partition coefficient (Wildman–Crippen LogP) is 3.26. The molecule has 1 rings (SSSR count). The standard InChI is InChI=1S/C11H20N2S2/c1-5-12-9(11(2,3)4)8-15-10-13-6-7-14-10/h6-7,9,12H,5,8H2,1-4H3. The zero-order valence-corrected chi connectivity index (χ0v) is 11.5. The van der Waals surface area contributed by atoms with Gasteiger partial charge in [0.05, 0.1) is 0 Å². The van der Waals surface area contributed by atoms with E-state index in [4.69, 9.17) is 0 Å². The van der Waals surface area contributed by atoms with Crippen LogP contribution >= 0.6 is 23.1 Å². The minimum Gasteiger partial charge on any atom is -0.313 e. The van der Waals surface area contributed by atoms with Crippen molar-refractivity contribution in [2.45, 2.75) is 38.1 Å². The fourth-order valence-corrected chi connectivity index (χ4v) is 3.36. The van der Waals surface area contributed by atoms with Gasteiger partial charge in [-0.25, -0.2) is 4.98 Å². The minimum absolute atomic E-state index is 0.306. The maximum absolute atomic E-state index is 4.28. The van der Waals surface area contributed by atoms with Crippen molar-refractivity contribution in [2.75, 3.05) is 12.3 Å². The first kappa shape index (κ1) is 13.0. The van der Waals surface area contributed by atoms with E-state index in [-0.39, 0.29) is 0 Å². The quantitative estimate of drug-likeness (QED) is 0.805. The van der Waals surface area contributed by atoms with Crippen LogP contribution in [0.1, 0.15) is 27.7 Å². The second kappa shape index (κ2) is 5.87. The van der Waals surface area contributed by atoms with E-state index in [1.165, 1.54) is 4.34 Å². The summed E-state index contributed by atoms with van der Waals surface area (Å²) in [6.45, 7) is 10.0. The van der Waals surface area contributed by atoms with E-state index in [1.807, 2.05) is 23.3 Å². The number of nitrogens with one attached hydrogen (secondary N) is 1. The molecule has 0 radical (unpaired) electrons. The summed E-state index contributed by atoms with van der Waals surface area (Å²) in [4.78, 5) is 4.28. The van der Waals surface area contributed by atoms with Gasteiger partial charge >= 0.3 is 0 Å². The molecule has 0 aliphatic carbocycles. The van der Waals surface area contributed by atoms with Crippen LogP contribution in [0.25, 0.3) is 0 Å². The van der Waals surface area contributed by atoms with Gasteiger partial charge in [-0.1, -0.05) is 39.5 Å². The molecule has 0 saturated carbocycles. The van der Waals surface area contributed by atoms with Crippen molar-refractivity contribution in [3.63, 3.8) is 0 Å². The second-order valence-electron chi connectivity index (χ2n) is 4.59. The predicted molar refractivity (Wildman–Crippen MR) is 69.8 cm³/mol. The Labute approximate surface area is 101 Å². The van der Waals surface area contributed by atoms with Crippen molar-refractivity contribution in [3.05, 3.63) is 11.6 Å². The molecular weight excluding hydrogens is 224 g/mol. The summed E-state index contributed by atoms with van der Waals surface area (Å²) in [6.07, 6.45) is 1.87. The van der Waals surface area contributed by atoms with E-state index >= 15 is 0 Å². The molecular formula is C11H20N2S2. The maximum atomic E-state index is 4.28. The van der Waals surface area contributed by atoms with Crippen molar-refractivity contribution >= 4 is 23.1 Å². The summed E-state index contributed by atoms with van der Waals surface area (Å²) < 4.78 is 1.17. The van der Waals surface area contributed by atoms with E-state index in [0.717, 1.165) is 12.3 Å². The normalized spacial score (nSPS) is 14.1. The number of nitrogens with zero attached hydrogens (tertiary/aromatic N) is 1. The summed E-state index contributed by atoms with van der Waals surface area (Å²) in [7, 11) is 0.